The number of hydrogen-bond acceptors (Lipinski definition) is 3. The van der Waals surface area contributed by atoms with Crippen LogP contribution in [0.3, 0.4) is 0 Å². The molecule has 2 aromatic heterocycles. The van der Waals surface area contributed by atoms with Crippen LogP contribution in [0.25, 0.3) is 0 Å². The van der Waals surface area contributed by atoms with Crippen molar-refractivity contribution in [3.63, 3.8) is 0 Å². The fourth-order valence-corrected chi connectivity index (χ4v) is 1.33. The van der Waals surface area contributed by atoms with Gasteiger partial charge < -0.3 is 5.32 Å². The standard InChI is InChI=1S/C11H12N4O/c1-8-10(7-14-15-8)6-13-11(16)9-3-2-4-12-5-9/h2-5,7H,6H2,1H3,(H,13,16)(H,14,15). The van der Waals surface area contributed by atoms with Crippen LogP contribution >= 0.6 is 0 Å². The molecule has 0 saturated heterocycles. The SMILES string of the molecule is Cc1[nH]ncc1CNC(=O)c1cccnc1. The number of nitrogens with zero attached hydrogens (tertiary/aromatic N) is 2. The maximum Gasteiger partial charge on any atom is 0.253 e. The number of aryl methyl sites for hydroxylation is 1. The van der Waals surface area contributed by atoms with Crippen LogP contribution in [0.15, 0.2) is 30.7 Å². The van der Waals surface area contributed by atoms with E-state index in [0.717, 1.165) is 11.3 Å². The summed E-state index contributed by atoms with van der Waals surface area (Å²) in [7, 11) is 0. The summed E-state index contributed by atoms with van der Waals surface area (Å²) in [5, 5.41) is 9.51. The highest BCUT2D eigenvalue weighted by Gasteiger charge is 2.06. The van der Waals surface area contributed by atoms with Crippen molar-refractivity contribution in [1.82, 2.24) is 20.5 Å². The Morgan fingerprint density at radius 1 is 1.50 bits per heavy atom. The van der Waals surface area contributed by atoms with Gasteiger partial charge in [0.25, 0.3) is 5.91 Å². The summed E-state index contributed by atoms with van der Waals surface area (Å²) in [6.07, 6.45) is 4.88. The molecule has 0 aliphatic rings. The van der Waals surface area contributed by atoms with Crippen molar-refractivity contribution in [2.24, 2.45) is 0 Å². The first kappa shape index (κ1) is 10.4. The van der Waals surface area contributed by atoms with Gasteiger partial charge in [-0.15, -0.1) is 0 Å². The monoisotopic (exact) mass is 216 g/mol. The largest absolute Gasteiger partial charge is 0.348 e. The second-order valence-corrected chi connectivity index (χ2v) is 3.44. The summed E-state index contributed by atoms with van der Waals surface area (Å²) >= 11 is 0. The Morgan fingerprint density at radius 3 is 3.00 bits per heavy atom. The molecule has 5 nitrogen and oxygen atoms in total. The molecule has 2 rings (SSSR count). The number of carbonyl (C=O) groups is 1. The van der Waals surface area contributed by atoms with Gasteiger partial charge in [0.2, 0.25) is 0 Å². The van der Waals surface area contributed by atoms with Crippen LogP contribution in [-0.2, 0) is 6.54 Å². The van der Waals surface area contributed by atoms with Crippen molar-refractivity contribution in [2.75, 3.05) is 0 Å². The average molecular weight is 216 g/mol. The van der Waals surface area contributed by atoms with Gasteiger partial charge in [-0.05, 0) is 19.1 Å². The molecule has 2 heterocycles. The van der Waals surface area contributed by atoms with Gasteiger partial charge in [0.1, 0.15) is 0 Å². The van der Waals surface area contributed by atoms with E-state index >= 15 is 0 Å². The fraction of sp³-hybridized carbons (Fsp3) is 0.182. The minimum absolute atomic E-state index is 0.131. The van der Waals surface area contributed by atoms with Crippen LogP contribution < -0.4 is 5.32 Å². The molecule has 5 heteroatoms. The van der Waals surface area contributed by atoms with E-state index in [2.05, 4.69) is 20.5 Å². The van der Waals surface area contributed by atoms with Gasteiger partial charge in [0, 0.05) is 30.2 Å². The molecule has 82 valence electrons. The zero-order chi connectivity index (χ0) is 11.4. The first-order chi connectivity index (χ1) is 7.77. The summed E-state index contributed by atoms with van der Waals surface area (Å²) in [6, 6.07) is 3.46. The Hall–Kier alpha value is -2.17. The lowest BCUT2D eigenvalue weighted by Gasteiger charge is -2.03. The molecule has 2 N–H and O–H groups in total. The first-order valence-corrected chi connectivity index (χ1v) is 4.94. The van der Waals surface area contributed by atoms with Crippen LogP contribution in [0.2, 0.25) is 0 Å². The third-order valence-corrected chi connectivity index (χ3v) is 2.30. The highest BCUT2D eigenvalue weighted by atomic mass is 16.1. The molecule has 16 heavy (non-hydrogen) atoms. The number of pyridine rings is 1. The van der Waals surface area contributed by atoms with Crippen molar-refractivity contribution >= 4 is 5.91 Å². The number of hydrogen-bond donors (Lipinski definition) is 2. The van der Waals surface area contributed by atoms with Gasteiger partial charge in [0.15, 0.2) is 0 Å². The maximum absolute atomic E-state index is 11.7. The number of rotatable bonds is 3. The van der Waals surface area contributed by atoms with E-state index in [1.54, 1.807) is 24.5 Å². The third kappa shape index (κ3) is 2.25. The molecule has 0 saturated carbocycles. The molecular formula is C11H12N4O. The van der Waals surface area contributed by atoms with Crippen molar-refractivity contribution in [2.45, 2.75) is 13.5 Å². The number of nitrogens with one attached hydrogen (secondary N) is 2. The molecule has 0 radical (unpaired) electrons. The Bertz CT molecular complexity index is 478. The molecule has 0 unspecified atom stereocenters. The van der Waals surface area contributed by atoms with E-state index in [4.69, 9.17) is 0 Å². The van der Waals surface area contributed by atoms with E-state index in [0.29, 0.717) is 12.1 Å². The lowest BCUT2D eigenvalue weighted by Crippen LogP contribution is -2.22. The van der Waals surface area contributed by atoms with E-state index in [-0.39, 0.29) is 5.91 Å². The van der Waals surface area contributed by atoms with Gasteiger partial charge >= 0.3 is 0 Å². The number of amides is 1. The lowest BCUT2D eigenvalue weighted by atomic mass is 10.2. The lowest BCUT2D eigenvalue weighted by molar-refractivity contribution is 0.0950. The molecule has 0 aromatic carbocycles. The molecule has 0 aliphatic heterocycles. The van der Waals surface area contributed by atoms with Gasteiger partial charge in [-0.25, -0.2) is 0 Å². The van der Waals surface area contributed by atoms with Crippen molar-refractivity contribution < 1.29 is 4.79 Å². The second kappa shape index (κ2) is 4.57. The normalized spacial score (nSPS) is 10.1. The van der Waals surface area contributed by atoms with Crippen LogP contribution in [-0.4, -0.2) is 21.1 Å². The smallest absolute Gasteiger partial charge is 0.253 e. The minimum Gasteiger partial charge on any atom is -0.348 e. The highest BCUT2D eigenvalue weighted by molar-refractivity contribution is 5.93. The molecule has 0 spiro atoms. The Kier molecular flexibility index (Phi) is 2.95. The number of aromatic amines is 1. The predicted octanol–water partition coefficient (Wildman–Crippen LogP) is 1.04. The Balaban J connectivity index is 1.97. The highest BCUT2D eigenvalue weighted by Crippen LogP contribution is 2.02. The van der Waals surface area contributed by atoms with Gasteiger partial charge in [0.05, 0.1) is 11.8 Å². The van der Waals surface area contributed by atoms with E-state index < -0.39 is 0 Å². The van der Waals surface area contributed by atoms with Crippen LogP contribution in [0.4, 0.5) is 0 Å². The number of aromatic nitrogens is 3. The molecule has 2 aromatic rings. The third-order valence-electron chi connectivity index (χ3n) is 2.30. The van der Waals surface area contributed by atoms with E-state index in [1.807, 2.05) is 6.92 Å². The summed E-state index contributed by atoms with van der Waals surface area (Å²) < 4.78 is 0. The summed E-state index contributed by atoms with van der Waals surface area (Å²) in [6.45, 7) is 2.38. The predicted molar refractivity (Wildman–Crippen MR) is 58.7 cm³/mol. The van der Waals surface area contributed by atoms with Crippen molar-refractivity contribution in [3.8, 4) is 0 Å². The summed E-state index contributed by atoms with van der Waals surface area (Å²) in [5.41, 5.74) is 2.51. The minimum atomic E-state index is -0.131. The zero-order valence-corrected chi connectivity index (χ0v) is 8.90. The average Bonchev–Trinajstić information content (AvgIpc) is 2.73. The van der Waals surface area contributed by atoms with Crippen molar-refractivity contribution in [1.29, 1.82) is 0 Å². The quantitative estimate of drug-likeness (QED) is 0.805. The van der Waals surface area contributed by atoms with Gasteiger partial charge in [-0.2, -0.15) is 5.10 Å². The molecule has 1 amide bonds. The second-order valence-electron chi connectivity index (χ2n) is 3.44. The maximum atomic E-state index is 11.7. The molecule has 0 fully saturated rings. The zero-order valence-electron chi connectivity index (χ0n) is 8.90. The number of carbonyl (C=O) groups excluding carboxylic acids is 1. The molecular weight excluding hydrogens is 204 g/mol. The van der Waals surface area contributed by atoms with Crippen LogP contribution in [0.1, 0.15) is 21.6 Å². The van der Waals surface area contributed by atoms with Crippen molar-refractivity contribution in [3.05, 3.63) is 47.5 Å². The molecule has 0 atom stereocenters. The fourth-order valence-electron chi connectivity index (χ4n) is 1.33. The first-order valence-electron chi connectivity index (χ1n) is 4.94. The molecule has 0 aliphatic carbocycles. The Morgan fingerprint density at radius 2 is 2.38 bits per heavy atom. The van der Waals surface area contributed by atoms with Crippen LogP contribution in [0, 0.1) is 6.92 Å². The van der Waals surface area contributed by atoms with E-state index in [1.165, 1.54) is 6.20 Å². The summed E-state index contributed by atoms with van der Waals surface area (Å²) in [4.78, 5) is 15.6. The Labute approximate surface area is 92.9 Å². The number of H-pyrrole nitrogens is 1. The van der Waals surface area contributed by atoms with Crippen LogP contribution in [0.5, 0.6) is 0 Å². The topological polar surface area (TPSA) is 70.7 Å². The molecule has 0 bridgehead atoms. The van der Waals surface area contributed by atoms with Gasteiger partial charge in [-0.3, -0.25) is 14.9 Å². The van der Waals surface area contributed by atoms with Gasteiger partial charge in [-0.1, -0.05) is 0 Å². The summed E-state index contributed by atoms with van der Waals surface area (Å²) in [5.74, 6) is -0.131. The van der Waals surface area contributed by atoms with E-state index in [9.17, 15) is 4.79 Å².